The summed E-state index contributed by atoms with van der Waals surface area (Å²) < 4.78 is 5.12. The molecule has 0 amide bonds. The molecule has 2 rings (SSSR count). The number of nitrogens with one attached hydrogen (secondary N) is 1. The van der Waals surface area contributed by atoms with Crippen LogP contribution in [0.15, 0.2) is 12.4 Å². The molecule has 1 aliphatic heterocycles. The second-order valence-corrected chi connectivity index (χ2v) is 4.72. The van der Waals surface area contributed by atoms with Gasteiger partial charge in [0, 0.05) is 24.7 Å². The molecule has 1 aromatic heterocycles. The van der Waals surface area contributed by atoms with Crippen LogP contribution in [0.3, 0.4) is 0 Å². The molecule has 0 saturated carbocycles. The van der Waals surface area contributed by atoms with Gasteiger partial charge in [-0.2, -0.15) is 0 Å². The molecular weight excluding hydrogens is 216 g/mol. The minimum atomic E-state index is 0.258. The van der Waals surface area contributed by atoms with E-state index >= 15 is 0 Å². The zero-order chi connectivity index (χ0) is 12.3. The first-order valence-electron chi connectivity index (χ1n) is 5.97. The fraction of sp³-hybridized carbons (Fsp3) is 0.667. The number of aromatic nitrogens is 2. The Morgan fingerprint density at radius 3 is 2.65 bits per heavy atom. The number of rotatable bonds is 3. The van der Waals surface area contributed by atoms with E-state index in [1.54, 1.807) is 13.4 Å². The van der Waals surface area contributed by atoms with E-state index < -0.39 is 0 Å². The Kier molecular flexibility index (Phi) is 3.47. The number of hydrogen-bond donors (Lipinski definition) is 1. The van der Waals surface area contributed by atoms with Crippen LogP contribution in [0.2, 0.25) is 0 Å². The average molecular weight is 236 g/mol. The Bertz CT molecular complexity index is 375. The summed E-state index contributed by atoms with van der Waals surface area (Å²) in [5.74, 6) is 1.58. The quantitative estimate of drug-likeness (QED) is 0.850. The van der Waals surface area contributed by atoms with Crippen molar-refractivity contribution in [2.45, 2.75) is 25.3 Å². The third kappa shape index (κ3) is 2.66. The second kappa shape index (κ2) is 4.87. The summed E-state index contributed by atoms with van der Waals surface area (Å²) >= 11 is 0. The van der Waals surface area contributed by atoms with Crippen molar-refractivity contribution < 1.29 is 4.74 Å². The SMILES string of the molecule is CNC1(C)CCN(c2cc(OC)ncn2)CC1. The monoisotopic (exact) mass is 236 g/mol. The van der Waals surface area contributed by atoms with E-state index in [1.807, 2.05) is 13.1 Å². The lowest BCUT2D eigenvalue weighted by Gasteiger charge is -2.39. The van der Waals surface area contributed by atoms with Crippen LogP contribution in [0.4, 0.5) is 5.82 Å². The van der Waals surface area contributed by atoms with E-state index in [1.165, 1.54) is 0 Å². The number of ether oxygens (including phenoxy) is 1. The predicted molar refractivity (Wildman–Crippen MR) is 67.5 cm³/mol. The fourth-order valence-electron chi connectivity index (χ4n) is 2.09. The summed E-state index contributed by atoms with van der Waals surface area (Å²) in [6.07, 6.45) is 3.80. The molecule has 0 spiro atoms. The van der Waals surface area contributed by atoms with Crippen molar-refractivity contribution in [2.24, 2.45) is 0 Å². The molecule has 1 fully saturated rings. The smallest absolute Gasteiger partial charge is 0.218 e. The fourth-order valence-corrected chi connectivity index (χ4v) is 2.09. The Balaban J connectivity index is 2.05. The molecule has 0 atom stereocenters. The van der Waals surface area contributed by atoms with Crippen LogP contribution in [0.5, 0.6) is 5.88 Å². The highest BCUT2D eigenvalue weighted by molar-refractivity contribution is 5.41. The van der Waals surface area contributed by atoms with Crippen molar-refractivity contribution in [3.63, 3.8) is 0 Å². The summed E-state index contributed by atoms with van der Waals surface area (Å²) in [6.45, 7) is 4.29. The third-order valence-corrected chi connectivity index (χ3v) is 3.63. The first-order chi connectivity index (χ1) is 8.17. The molecule has 5 nitrogen and oxygen atoms in total. The Morgan fingerprint density at radius 1 is 1.35 bits per heavy atom. The standard InChI is InChI=1S/C12H20N4O/c1-12(13-2)4-6-16(7-5-12)10-8-11(17-3)15-9-14-10/h8-9,13H,4-7H2,1-3H3. The molecule has 2 heterocycles. The van der Waals surface area contributed by atoms with Crippen molar-refractivity contribution >= 4 is 5.82 Å². The number of hydrogen-bond acceptors (Lipinski definition) is 5. The molecule has 1 aliphatic rings. The predicted octanol–water partition coefficient (Wildman–Crippen LogP) is 1.06. The van der Waals surface area contributed by atoms with Gasteiger partial charge in [0.25, 0.3) is 0 Å². The molecule has 1 aromatic rings. The normalized spacial score (nSPS) is 19.1. The minimum Gasteiger partial charge on any atom is -0.481 e. The van der Waals surface area contributed by atoms with Gasteiger partial charge < -0.3 is 15.0 Å². The van der Waals surface area contributed by atoms with Gasteiger partial charge in [-0.3, -0.25) is 0 Å². The highest BCUT2D eigenvalue weighted by Crippen LogP contribution is 2.25. The maximum atomic E-state index is 5.12. The van der Waals surface area contributed by atoms with Gasteiger partial charge in [0.15, 0.2) is 0 Å². The number of nitrogens with zero attached hydrogens (tertiary/aromatic N) is 3. The van der Waals surface area contributed by atoms with E-state index in [2.05, 4.69) is 27.1 Å². The van der Waals surface area contributed by atoms with Crippen LogP contribution in [0.1, 0.15) is 19.8 Å². The summed E-state index contributed by atoms with van der Waals surface area (Å²) in [4.78, 5) is 10.6. The van der Waals surface area contributed by atoms with Crippen LogP contribution in [-0.2, 0) is 0 Å². The van der Waals surface area contributed by atoms with Crippen molar-refractivity contribution in [2.75, 3.05) is 32.1 Å². The molecular formula is C12H20N4O. The van der Waals surface area contributed by atoms with Gasteiger partial charge in [-0.15, -0.1) is 0 Å². The van der Waals surface area contributed by atoms with Gasteiger partial charge in [0.05, 0.1) is 7.11 Å². The molecule has 0 unspecified atom stereocenters. The summed E-state index contributed by atoms with van der Waals surface area (Å²) in [5, 5.41) is 3.39. The van der Waals surface area contributed by atoms with Gasteiger partial charge in [0.1, 0.15) is 12.1 Å². The zero-order valence-electron chi connectivity index (χ0n) is 10.7. The molecule has 0 aliphatic carbocycles. The highest BCUT2D eigenvalue weighted by Gasteiger charge is 2.28. The van der Waals surface area contributed by atoms with Gasteiger partial charge in [-0.25, -0.2) is 9.97 Å². The average Bonchev–Trinajstić information content (AvgIpc) is 2.40. The maximum Gasteiger partial charge on any atom is 0.218 e. The summed E-state index contributed by atoms with van der Waals surface area (Å²) in [6, 6.07) is 1.89. The van der Waals surface area contributed by atoms with Gasteiger partial charge >= 0.3 is 0 Å². The Morgan fingerprint density at radius 2 is 2.06 bits per heavy atom. The highest BCUT2D eigenvalue weighted by atomic mass is 16.5. The molecule has 1 N–H and O–H groups in total. The molecule has 0 bridgehead atoms. The van der Waals surface area contributed by atoms with Gasteiger partial charge in [-0.1, -0.05) is 0 Å². The molecule has 0 aromatic carbocycles. The van der Waals surface area contributed by atoms with Crippen LogP contribution in [0, 0.1) is 0 Å². The van der Waals surface area contributed by atoms with E-state index in [-0.39, 0.29) is 5.54 Å². The van der Waals surface area contributed by atoms with Crippen molar-refractivity contribution in [1.82, 2.24) is 15.3 Å². The lowest BCUT2D eigenvalue weighted by atomic mass is 9.90. The topological polar surface area (TPSA) is 50.3 Å². The van der Waals surface area contributed by atoms with E-state index in [0.717, 1.165) is 31.7 Å². The van der Waals surface area contributed by atoms with Crippen LogP contribution in [-0.4, -0.2) is 42.8 Å². The first kappa shape index (κ1) is 12.1. The number of piperidine rings is 1. The Labute approximate surface area is 102 Å². The first-order valence-corrected chi connectivity index (χ1v) is 5.97. The summed E-state index contributed by atoms with van der Waals surface area (Å²) in [5.41, 5.74) is 0.258. The maximum absolute atomic E-state index is 5.12. The van der Waals surface area contributed by atoms with Crippen LogP contribution < -0.4 is 15.0 Å². The Hall–Kier alpha value is -1.36. The van der Waals surface area contributed by atoms with Crippen molar-refractivity contribution in [3.05, 3.63) is 12.4 Å². The van der Waals surface area contributed by atoms with Gasteiger partial charge in [-0.05, 0) is 26.8 Å². The molecule has 5 heteroatoms. The van der Waals surface area contributed by atoms with Gasteiger partial charge in [0.2, 0.25) is 5.88 Å². The minimum absolute atomic E-state index is 0.258. The van der Waals surface area contributed by atoms with Crippen molar-refractivity contribution in [3.8, 4) is 5.88 Å². The number of anilines is 1. The van der Waals surface area contributed by atoms with E-state index in [0.29, 0.717) is 5.88 Å². The molecule has 1 saturated heterocycles. The van der Waals surface area contributed by atoms with Crippen molar-refractivity contribution in [1.29, 1.82) is 0 Å². The molecule has 94 valence electrons. The van der Waals surface area contributed by atoms with Crippen LogP contribution >= 0.6 is 0 Å². The van der Waals surface area contributed by atoms with E-state index in [9.17, 15) is 0 Å². The molecule has 17 heavy (non-hydrogen) atoms. The summed E-state index contributed by atoms with van der Waals surface area (Å²) in [7, 11) is 3.66. The van der Waals surface area contributed by atoms with Crippen LogP contribution in [0.25, 0.3) is 0 Å². The van der Waals surface area contributed by atoms with E-state index in [4.69, 9.17) is 4.74 Å². The second-order valence-electron chi connectivity index (χ2n) is 4.72. The zero-order valence-corrected chi connectivity index (χ0v) is 10.7. The number of methoxy groups -OCH3 is 1. The third-order valence-electron chi connectivity index (χ3n) is 3.63. The lowest BCUT2D eigenvalue weighted by Crippen LogP contribution is -2.50. The molecule has 0 radical (unpaired) electrons. The lowest BCUT2D eigenvalue weighted by molar-refractivity contribution is 0.304. The largest absolute Gasteiger partial charge is 0.481 e.